The second-order valence-electron chi connectivity index (χ2n) is 6.94. The molecule has 0 radical (unpaired) electrons. The summed E-state index contributed by atoms with van der Waals surface area (Å²) in [5, 5.41) is 9.25. The zero-order valence-corrected chi connectivity index (χ0v) is 15.3. The number of pyridine rings is 1. The standard InChI is InChI=1S/C22H26N2O2/c1-17-6-2-3-8-20(17)21(18-10-12-23-13-11-18)9-5-15-24-14-4-7-19(16-24)22(25)26/h2-3,6,8-13,19H,4-5,7,14-16H2,1H3,(H,25,26)/b21-9+. The minimum absolute atomic E-state index is 0.219. The number of aliphatic carboxylic acids is 1. The minimum Gasteiger partial charge on any atom is -0.481 e. The second-order valence-corrected chi connectivity index (χ2v) is 6.94. The maximum Gasteiger partial charge on any atom is 0.307 e. The van der Waals surface area contributed by atoms with Crippen LogP contribution >= 0.6 is 0 Å². The lowest BCUT2D eigenvalue weighted by Gasteiger charge is -2.30. The third kappa shape index (κ3) is 4.58. The molecule has 1 atom stereocenters. The number of hydrogen-bond donors (Lipinski definition) is 1. The molecule has 4 nitrogen and oxygen atoms in total. The number of nitrogens with zero attached hydrogens (tertiary/aromatic N) is 2. The van der Waals surface area contributed by atoms with E-state index in [1.165, 1.54) is 16.7 Å². The third-order valence-corrected chi connectivity index (χ3v) is 5.08. The van der Waals surface area contributed by atoms with Gasteiger partial charge in [-0.25, -0.2) is 0 Å². The zero-order chi connectivity index (χ0) is 18.4. The highest BCUT2D eigenvalue weighted by molar-refractivity contribution is 5.81. The van der Waals surface area contributed by atoms with Gasteiger partial charge < -0.3 is 10.0 Å². The van der Waals surface area contributed by atoms with Gasteiger partial charge in [0, 0.05) is 25.5 Å². The van der Waals surface area contributed by atoms with Crippen molar-refractivity contribution in [3.8, 4) is 0 Å². The molecule has 1 unspecified atom stereocenters. The second kappa shape index (κ2) is 8.77. The van der Waals surface area contributed by atoms with Gasteiger partial charge in [0.05, 0.1) is 5.92 Å². The van der Waals surface area contributed by atoms with Crippen molar-refractivity contribution in [3.63, 3.8) is 0 Å². The first kappa shape index (κ1) is 18.3. The van der Waals surface area contributed by atoms with Crippen LogP contribution in [0.1, 0.15) is 36.0 Å². The first-order valence-electron chi connectivity index (χ1n) is 9.27. The third-order valence-electron chi connectivity index (χ3n) is 5.08. The fourth-order valence-corrected chi connectivity index (χ4v) is 3.64. The molecule has 0 saturated carbocycles. The molecule has 26 heavy (non-hydrogen) atoms. The molecular formula is C22H26N2O2. The molecule has 4 heteroatoms. The van der Waals surface area contributed by atoms with Gasteiger partial charge in [-0.2, -0.15) is 0 Å². The molecule has 1 fully saturated rings. The minimum atomic E-state index is -0.664. The summed E-state index contributed by atoms with van der Waals surface area (Å²) in [4.78, 5) is 17.7. The molecule has 0 amide bonds. The van der Waals surface area contributed by atoms with E-state index in [4.69, 9.17) is 0 Å². The molecule has 0 bridgehead atoms. The predicted octanol–water partition coefficient (Wildman–Crippen LogP) is 4.01. The molecule has 2 heterocycles. The van der Waals surface area contributed by atoms with Gasteiger partial charge in [0.15, 0.2) is 0 Å². The SMILES string of the molecule is Cc1ccccc1/C(=C/CCN1CCCC(C(=O)O)C1)c1ccncc1. The molecule has 0 aliphatic carbocycles. The Morgan fingerprint density at radius 1 is 1.27 bits per heavy atom. The van der Waals surface area contributed by atoms with Crippen molar-refractivity contribution < 1.29 is 9.90 Å². The van der Waals surface area contributed by atoms with Crippen molar-refractivity contribution in [3.05, 3.63) is 71.6 Å². The summed E-state index contributed by atoms with van der Waals surface area (Å²) in [6, 6.07) is 12.5. The van der Waals surface area contributed by atoms with Crippen LogP contribution in [0.3, 0.4) is 0 Å². The van der Waals surface area contributed by atoms with Gasteiger partial charge in [0.25, 0.3) is 0 Å². The summed E-state index contributed by atoms with van der Waals surface area (Å²) in [6.07, 6.45) is 8.59. The Hall–Kier alpha value is -2.46. The van der Waals surface area contributed by atoms with Crippen LogP contribution in [0.25, 0.3) is 5.57 Å². The van der Waals surface area contributed by atoms with Gasteiger partial charge in [-0.1, -0.05) is 30.3 Å². The maximum absolute atomic E-state index is 11.2. The number of carbonyl (C=O) groups is 1. The number of benzene rings is 1. The van der Waals surface area contributed by atoms with Gasteiger partial charge in [0.1, 0.15) is 0 Å². The number of aryl methyl sites for hydroxylation is 1. The Morgan fingerprint density at radius 2 is 2.04 bits per heavy atom. The van der Waals surface area contributed by atoms with Gasteiger partial charge in [-0.3, -0.25) is 9.78 Å². The number of piperidine rings is 1. The highest BCUT2D eigenvalue weighted by Crippen LogP contribution is 2.26. The van der Waals surface area contributed by atoms with Gasteiger partial charge in [0.2, 0.25) is 0 Å². The van der Waals surface area contributed by atoms with E-state index in [-0.39, 0.29) is 5.92 Å². The van der Waals surface area contributed by atoms with Gasteiger partial charge >= 0.3 is 5.97 Å². The van der Waals surface area contributed by atoms with E-state index in [0.29, 0.717) is 6.54 Å². The maximum atomic E-state index is 11.2. The van der Waals surface area contributed by atoms with E-state index in [0.717, 1.165) is 37.9 Å². The number of carboxylic acids is 1. The lowest BCUT2D eigenvalue weighted by Crippen LogP contribution is -2.39. The number of aromatic nitrogens is 1. The van der Waals surface area contributed by atoms with Crippen molar-refractivity contribution in [1.29, 1.82) is 0 Å². The van der Waals surface area contributed by atoms with E-state index in [1.807, 2.05) is 24.5 Å². The number of rotatable bonds is 6. The predicted molar refractivity (Wildman–Crippen MR) is 104 cm³/mol. The normalized spacial score (nSPS) is 18.7. The van der Waals surface area contributed by atoms with Crippen molar-refractivity contribution in [2.75, 3.05) is 19.6 Å². The molecule has 1 aromatic heterocycles. The molecule has 3 rings (SSSR count). The van der Waals surface area contributed by atoms with E-state index in [1.54, 1.807) is 0 Å². The van der Waals surface area contributed by atoms with Crippen LogP contribution < -0.4 is 0 Å². The average molecular weight is 350 g/mol. The van der Waals surface area contributed by atoms with Crippen molar-refractivity contribution in [1.82, 2.24) is 9.88 Å². The Bertz CT molecular complexity index is 771. The monoisotopic (exact) mass is 350 g/mol. The molecule has 1 aliphatic rings. The number of likely N-dealkylation sites (tertiary alicyclic amines) is 1. The van der Waals surface area contributed by atoms with Crippen molar-refractivity contribution >= 4 is 11.5 Å². The molecule has 1 aliphatic heterocycles. The first-order valence-corrected chi connectivity index (χ1v) is 9.27. The van der Waals surface area contributed by atoms with Crippen LogP contribution in [0.4, 0.5) is 0 Å². The van der Waals surface area contributed by atoms with Gasteiger partial charge in [-0.15, -0.1) is 0 Å². The van der Waals surface area contributed by atoms with Crippen LogP contribution in [-0.2, 0) is 4.79 Å². The van der Waals surface area contributed by atoms with Crippen LogP contribution in [-0.4, -0.2) is 40.6 Å². The fourth-order valence-electron chi connectivity index (χ4n) is 3.64. The summed E-state index contributed by atoms with van der Waals surface area (Å²) < 4.78 is 0. The van der Waals surface area contributed by atoms with Gasteiger partial charge in [-0.05, 0) is 67.1 Å². The lowest BCUT2D eigenvalue weighted by molar-refractivity contribution is -0.143. The fraction of sp³-hybridized carbons (Fsp3) is 0.364. The topological polar surface area (TPSA) is 53.4 Å². The molecule has 1 saturated heterocycles. The molecule has 1 N–H and O–H groups in total. The quantitative estimate of drug-likeness (QED) is 0.855. The molecular weight excluding hydrogens is 324 g/mol. The molecule has 136 valence electrons. The molecule has 0 spiro atoms. The van der Waals surface area contributed by atoms with Crippen LogP contribution in [0, 0.1) is 12.8 Å². The Kier molecular flexibility index (Phi) is 6.18. The van der Waals surface area contributed by atoms with Crippen LogP contribution in [0.15, 0.2) is 54.9 Å². The highest BCUT2D eigenvalue weighted by atomic mass is 16.4. The van der Waals surface area contributed by atoms with Crippen LogP contribution in [0.5, 0.6) is 0 Å². The summed E-state index contributed by atoms with van der Waals surface area (Å²) in [5.41, 5.74) is 4.87. The van der Waals surface area contributed by atoms with E-state index in [9.17, 15) is 9.90 Å². The van der Waals surface area contributed by atoms with E-state index >= 15 is 0 Å². The van der Waals surface area contributed by atoms with E-state index < -0.39 is 5.97 Å². The molecule has 2 aromatic rings. The summed E-state index contributed by atoms with van der Waals surface area (Å²) >= 11 is 0. The highest BCUT2D eigenvalue weighted by Gasteiger charge is 2.24. The smallest absolute Gasteiger partial charge is 0.307 e. The zero-order valence-electron chi connectivity index (χ0n) is 15.3. The summed E-state index contributed by atoms with van der Waals surface area (Å²) in [5.74, 6) is -0.883. The number of hydrogen-bond acceptors (Lipinski definition) is 3. The summed E-state index contributed by atoms with van der Waals surface area (Å²) in [6.45, 7) is 4.68. The largest absolute Gasteiger partial charge is 0.481 e. The van der Waals surface area contributed by atoms with Crippen molar-refractivity contribution in [2.45, 2.75) is 26.2 Å². The Morgan fingerprint density at radius 3 is 2.77 bits per heavy atom. The number of carboxylic acid groups (broad SMARTS) is 1. The Balaban J connectivity index is 1.75. The van der Waals surface area contributed by atoms with Crippen LogP contribution in [0.2, 0.25) is 0 Å². The summed E-state index contributed by atoms with van der Waals surface area (Å²) in [7, 11) is 0. The lowest BCUT2D eigenvalue weighted by atomic mass is 9.94. The average Bonchev–Trinajstić information content (AvgIpc) is 2.67. The first-order chi connectivity index (χ1) is 12.6. The molecule has 1 aromatic carbocycles. The van der Waals surface area contributed by atoms with E-state index in [2.05, 4.69) is 47.1 Å². The Labute approximate surface area is 155 Å². The van der Waals surface area contributed by atoms with Crippen molar-refractivity contribution in [2.24, 2.45) is 5.92 Å².